The van der Waals surface area contributed by atoms with Crippen molar-refractivity contribution in [3.8, 4) is 0 Å². The third-order valence-electron chi connectivity index (χ3n) is 3.81. The van der Waals surface area contributed by atoms with Gasteiger partial charge in [-0.1, -0.05) is 25.1 Å². The lowest BCUT2D eigenvalue weighted by Gasteiger charge is -2.10. The summed E-state index contributed by atoms with van der Waals surface area (Å²) >= 11 is 1.68. The van der Waals surface area contributed by atoms with Gasteiger partial charge in [0.2, 0.25) is 5.89 Å². The van der Waals surface area contributed by atoms with Crippen LogP contribution in [0.4, 0.5) is 5.82 Å². The molecule has 0 fully saturated rings. The first-order valence-corrected chi connectivity index (χ1v) is 8.99. The predicted molar refractivity (Wildman–Crippen MR) is 95.8 cm³/mol. The van der Waals surface area contributed by atoms with E-state index in [9.17, 15) is 0 Å². The minimum Gasteiger partial charge on any atom is -0.362 e. The molecule has 0 amide bonds. The molecule has 0 aliphatic rings. The molecule has 0 atom stereocenters. The van der Waals surface area contributed by atoms with Crippen molar-refractivity contribution in [3.63, 3.8) is 0 Å². The van der Waals surface area contributed by atoms with E-state index in [-0.39, 0.29) is 0 Å². The molecule has 7 nitrogen and oxygen atoms in total. The first kappa shape index (κ1) is 15.8. The van der Waals surface area contributed by atoms with E-state index in [0.29, 0.717) is 30.6 Å². The zero-order valence-electron chi connectivity index (χ0n) is 14.0. The Labute approximate surface area is 148 Å². The summed E-state index contributed by atoms with van der Waals surface area (Å²) < 4.78 is 7.11. The highest BCUT2D eigenvalue weighted by Crippen LogP contribution is 2.19. The van der Waals surface area contributed by atoms with E-state index in [1.807, 2.05) is 23.6 Å². The van der Waals surface area contributed by atoms with Crippen molar-refractivity contribution in [1.82, 2.24) is 24.7 Å². The molecule has 25 heavy (non-hydrogen) atoms. The fourth-order valence-electron chi connectivity index (χ4n) is 2.52. The Kier molecular flexibility index (Phi) is 4.19. The molecule has 8 heteroatoms. The van der Waals surface area contributed by atoms with Gasteiger partial charge in [0.25, 0.3) is 0 Å². The van der Waals surface area contributed by atoms with Gasteiger partial charge in [0.05, 0.1) is 19.2 Å². The molecule has 0 aromatic carbocycles. The second-order valence-corrected chi connectivity index (χ2v) is 7.07. The van der Waals surface area contributed by atoms with Crippen LogP contribution < -0.4 is 5.32 Å². The lowest BCUT2D eigenvalue weighted by atomic mass is 10.1. The molecule has 4 aromatic heterocycles. The molecule has 0 spiro atoms. The van der Waals surface area contributed by atoms with Crippen LogP contribution in [0.1, 0.15) is 42.1 Å². The molecule has 0 bridgehead atoms. The third kappa shape index (κ3) is 3.39. The summed E-state index contributed by atoms with van der Waals surface area (Å²) in [5, 5.41) is 13.7. The molecule has 0 radical (unpaired) electrons. The topological polar surface area (TPSA) is 81.1 Å². The van der Waals surface area contributed by atoms with Gasteiger partial charge in [-0.25, -0.2) is 4.98 Å². The summed E-state index contributed by atoms with van der Waals surface area (Å²) in [7, 11) is 0. The van der Waals surface area contributed by atoms with Crippen LogP contribution in [0.5, 0.6) is 0 Å². The molecule has 128 valence electrons. The average Bonchev–Trinajstić information content (AvgIpc) is 3.34. The van der Waals surface area contributed by atoms with Crippen LogP contribution in [-0.2, 0) is 13.0 Å². The first-order valence-electron chi connectivity index (χ1n) is 8.11. The third-order valence-corrected chi connectivity index (χ3v) is 4.69. The van der Waals surface area contributed by atoms with Crippen LogP contribution in [0.25, 0.3) is 5.65 Å². The minimum absolute atomic E-state index is 0.336. The molecule has 1 N–H and O–H groups in total. The van der Waals surface area contributed by atoms with Crippen molar-refractivity contribution in [3.05, 3.63) is 58.1 Å². The smallest absolute Gasteiger partial charge is 0.231 e. The van der Waals surface area contributed by atoms with Crippen LogP contribution in [0.3, 0.4) is 0 Å². The largest absolute Gasteiger partial charge is 0.362 e. The maximum absolute atomic E-state index is 5.33. The summed E-state index contributed by atoms with van der Waals surface area (Å²) in [6.07, 6.45) is 2.41. The maximum atomic E-state index is 5.33. The van der Waals surface area contributed by atoms with Gasteiger partial charge in [-0.05, 0) is 17.4 Å². The molecule has 0 aliphatic carbocycles. The van der Waals surface area contributed by atoms with Gasteiger partial charge in [-0.2, -0.15) is 14.6 Å². The fraction of sp³-hybridized carbons (Fsp3) is 0.294. The lowest BCUT2D eigenvalue weighted by molar-refractivity contribution is 0.380. The van der Waals surface area contributed by atoms with Crippen molar-refractivity contribution >= 4 is 22.8 Å². The van der Waals surface area contributed by atoms with E-state index in [2.05, 4.69) is 45.5 Å². The Balaban J connectivity index is 1.50. The Morgan fingerprint density at radius 2 is 2.20 bits per heavy atom. The number of anilines is 1. The molecule has 0 aliphatic heterocycles. The Morgan fingerprint density at radius 1 is 1.28 bits per heavy atom. The number of thiophene rings is 1. The number of nitrogens with one attached hydrogen (secondary N) is 1. The maximum Gasteiger partial charge on any atom is 0.231 e. The molecule has 0 saturated heterocycles. The van der Waals surface area contributed by atoms with Gasteiger partial charge in [-0.15, -0.1) is 11.3 Å². The normalized spacial score (nSPS) is 11.5. The fourth-order valence-corrected chi connectivity index (χ4v) is 3.22. The van der Waals surface area contributed by atoms with Gasteiger partial charge in [0.1, 0.15) is 5.82 Å². The number of fused-ring (bicyclic) bond motifs is 1. The van der Waals surface area contributed by atoms with Crippen molar-refractivity contribution in [2.75, 3.05) is 5.32 Å². The highest BCUT2D eigenvalue weighted by molar-refractivity contribution is 7.09. The summed E-state index contributed by atoms with van der Waals surface area (Å²) in [4.78, 5) is 10.3. The van der Waals surface area contributed by atoms with Crippen LogP contribution >= 0.6 is 11.3 Å². The molecular formula is C17H18N6OS. The molecular weight excluding hydrogens is 336 g/mol. The second-order valence-electron chi connectivity index (χ2n) is 6.04. The van der Waals surface area contributed by atoms with Gasteiger partial charge < -0.3 is 9.84 Å². The Morgan fingerprint density at radius 3 is 3.00 bits per heavy atom. The molecule has 0 saturated carbocycles. The molecule has 0 unspecified atom stereocenters. The summed E-state index contributed by atoms with van der Waals surface area (Å²) in [5.74, 6) is 2.45. The van der Waals surface area contributed by atoms with Crippen molar-refractivity contribution in [2.45, 2.75) is 32.7 Å². The van der Waals surface area contributed by atoms with Crippen LogP contribution in [-0.4, -0.2) is 24.7 Å². The van der Waals surface area contributed by atoms with Crippen molar-refractivity contribution in [2.24, 2.45) is 0 Å². The SMILES string of the molecule is CC(C)c1cc(NCc2noc(Cc3cccs3)n2)n2nccc2n1. The molecule has 4 rings (SSSR count). The van der Waals surface area contributed by atoms with Crippen LogP contribution in [0.15, 0.2) is 40.4 Å². The number of hydrogen-bond donors (Lipinski definition) is 1. The van der Waals surface area contributed by atoms with E-state index in [1.165, 1.54) is 4.88 Å². The van der Waals surface area contributed by atoms with Gasteiger partial charge >= 0.3 is 0 Å². The van der Waals surface area contributed by atoms with E-state index in [1.54, 1.807) is 22.0 Å². The van der Waals surface area contributed by atoms with Crippen molar-refractivity contribution in [1.29, 1.82) is 0 Å². The van der Waals surface area contributed by atoms with Gasteiger partial charge in [-0.3, -0.25) is 0 Å². The van der Waals surface area contributed by atoms with Crippen LogP contribution in [0, 0.1) is 0 Å². The lowest BCUT2D eigenvalue weighted by Crippen LogP contribution is -2.09. The average molecular weight is 354 g/mol. The monoisotopic (exact) mass is 354 g/mol. The highest BCUT2D eigenvalue weighted by Gasteiger charge is 2.11. The number of rotatable bonds is 6. The highest BCUT2D eigenvalue weighted by atomic mass is 32.1. The zero-order valence-corrected chi connectivity index (χ0v) is 14.8. The Bertz CT molecular complexity index is 972. The van der Waals surface area contributed by atoms with Gasteiger partial charge in [0, 0.05) is 22.7 Å². The Hall–Kier alpha value is -2.74. The molecule has 4 heterocycles. The first-order chi connectivity index (χ1) is 12.2. The number of aromatic nitrogens is 5. The standard InChI is InChI=1S/C17H18N6OS/c1-11(2)13-9-16(23-15(20-13)5-6-19-23)18-10-14-21-17(24-22-14)8-12-4-3-7-25-12/h3-7,9,11,18H,8,10H2,1-2H3. The zero-order chi connectivity index (χ0) is 17.2. The van der Waals surface area contributed by atoms with E-state index >= 15 is 0 Å². The summed E-state index contributed by atoms with van der Waals surface area (Å²) in [6.45, 7) is 4.70. The second kappa shape index (κ2) is 6.64. The molecule has 4 aromatic rings. The van der Waals surface area contributed by atoms with Gasteiger partial charge in [0.15, 0.2) is 11.5 Å². The van der Waals surface area contributed by atoms with E-state index < -0.39 is 0 Å². The quantitative estimate of drug-likeness (QED) is 0.571. The summed E-state index contributed by atoms with van der Waals surface area (Å²) in [6, 6.07) is 7.98. The number of hydrogen-bond acceptors (Lipinski definition) is 7. The minimum atomic E-state index is 0.336. The number of nitrogens with zero attached hydrogens (tertiary/aromatic N) is 5. The van der Waals surface area contributed by atoms with E-state index in [0.717, 1.165) is 17.2 Å². The van der Waals surface area contributed by atoms with Crippen LogP contribution in [0.2, 0.25) is 0 Å². The summed E-state index contributed by atoms with van der Waals surface area (Å²) in [5.41, 5.74) is 1.84. The van der Waals surface area contributed by atoms with Crippen molar-refractivity contribution < 1.29 is 4.52 Å². The van der Waals surface area contributed by atoms with E-state index in [4.69, 9.17) is 4.52 Å². The predicted octanol–water partition coefficient (Wildman–Crippen LogP) is 3.50.